The molecule has 2 rings (SSSR count). The molecule has 0 amide bonds. The van der Waals surface area contributed by atoms with Crippen molar-refractivity contribution in [3.05, 3.63) is 35.7 Å². The van der Waals surface area contributed by atoms with Crippen LogP contribution in [0.3, 0.4) is 0 Å². The summed E-state index contributed by atoms with van der Waals surface area (Å²) in [6, 6.07) is 2.67. The SMILES string of the molecule is CCc1cc(-c2cn(COCC[Si](C)(C)C)nc2C(=O)OC)c(F)cn1. The van der Waals surface area contributed by atoms with E-state index in [1.54, 1.807) is 12.3 Å². The average molecular weight is 380 g/mol. The Morgan fingerprint density at radius 2 is 2.04 bits per heavy atom. The van der Waals surface area contributed by atoms with E-state index >= 15 is 0 Å². The van der Waals surface area contributed by atoms with Gasteiger partial charge >= 0.3 is 5.97 Å². The molecular weight excluding hydrogens is 353 g/mol. The fraction of sp³-hybridized carbons (Fsp3) is 0.500. The zero-order valence-electron chi connectivity index (χ0n) is 16.0. The van der Waals surface area contributed by atoms with Gasteiger partial charge in [-0.1, -0.05) is 26.6 Å². The second kappa shape index (κ2) is 8.55. The Morgan fingerprint density at radius 3 is 2.65 bits per heavy atom. The van der Waals surface area contributed by atoms with E-state index < -0.39 is 19.9 Å². The summed E-state index contributed by atoms with van der Waals surface area (Å²) in [6.07, 6.45) is 3.43. The Hall–Kier alpha value is -2.06. The van der Waals surface area contributed by atoms with Crippen LogP contribution in [0, 0.1) is 5.82 Å². The number of pyridine rings is 1. The predicted molar refractivity (Wildman–Crippen MR) is 100 cm³/mol. The summed E-state index contributed by atoms with van der Waals surface area (Å²) >= 11 is 0. The van der Waals surface area contributed by atoms with Crippen molar-refractivity contribution in [2.75, 3.05) is 13.7 Å². The van der Waals surface area contributed by atoms with E-state index in [1.807, 2.05) is 6.92 Å². The molecule has 2 aromatic heterocycles. The number of aryl methyl sites for hydroxylation is 1. The van der Waals surface area contributed by atoms with E-state index in [9.17, 15) is 9.18 Å². The Kier molecular flexibility index (Phi) is 6.66. The normalized spacial score (nSPS) is 11.6. The summed E-state index contributed by atoms with van der Waals surface area (Å²) in [5.74, 6) is -1.12. The highest BCUT2D eigenvalue weighted by molar-refractivity contribution is 6.76. The predicted octanol–water partition coefficient (Wildman–Crippen LogP) is 3.75. The Bertz CT molecular complexity index is 772. The summed E-state index contributed by atoms with van der Waals surface area (Å²) in [7, 11) is 0.0930. The largest absolute Gasteiger partial charge is 0.464 e. The lowest BCUT2D eigenvalue weighted by molar-refractivity contribution is 0.0583. The number of carbonyl (C=O) groups excluding carboxylic acids is 1. The quantitative estimate of drug-likeness (QED) is 0.397. The van der Waals surface area contributed by atoms with Crippen LogP contribution in [0.2, 0.25) is 25.7 Å². The van der Waals surface area contributed by atoms with Crippen molar-refractivity contribution in [2.24, 2.45) is 0 Å². The van der Waals surface area contributed by atoms with Gasteiger partial charge in [-0.05, 0) is 18.5 Å². The van der Waals surface area contributed by atoms with Crippen LogP contribution in [0.25, 0.3) is 11.1 Å². The fourth-order valence-corrected chi connectivity index (χ4v) is 3.11. The van der Waals surface area contributed by atoms with Crippen molar-refractivity contribution >= 4 is 14.0 Å². The summed E-state index contributed by atoms with van der Waals surface area (Å²) < 4.78 is 26.3. The topological polar surface area (TPSA) is 66.2 Å². The van der Waals surface area contributed by atoms with E-state index in [-0.39, 0.29) is 18.0 Å². The van der Waals surface area contributed by atoms with Crippen LogP contribution in [0.5, 0.6) is 0 Å². The smallest absolute Gasteiger partial charge is 0.359 e. The molecule has 142 valence electrons. The van der Waals surface area contributed by atoms with Crippen LogP contribution < -0.4 is 0 Å². The summed E-state index contributed by atoms with van der Waals surface area (Å²) in [4.78, 5) is 16.1. The van der Waals surface area contributed by atoms with Crippen molar-refractivity contribution in [3.63, 3.8) is 0 Å². The third-order valence-electron chi connectivity index (χ3n) is 3.92. The molecule has 2 aromatic rings. The second-order valence-corrected chi connectivity index (χ2v) is 12.9. The number of hydrogen-bond donors (Lipinski definition) is 0. The number of hydrogen-bond acceptors (Lipinski definition) is 5. The van der Waals surface area contributed by atoms with Gasteiger partial charge in [0.05, 0.1) is 13.3 Å². The van der Waals surface area contributed by atoms with Gasteiger partial charge in [0, 0.05) is 37.7 Å². The third kappa shape index (κ3) is 5.22. The fourth-order valence-electron chi connectivity index (χ4n) is 2.35. The monoisotopic (exact) mass is 379 g/mol. The van der Waals surface area contributed by atoms with Gasteiger partial charge in [0.1, 0.15) is 12.5 Å². The summed E-state index contributed by atoms with van der Waals surface area (Å²) in [5, 5.41) is 4.23. The first kappa shape index (κ1) is 20.3. The molecule has 6 nitrogen and oxygen atoms in total. The Balaban J connectivity index is 2.28. The van der Waals surface area contributed by atoms with Crippen LogP contribution in [-0.2, 0) is 22.6 Å². The molecule has 0 fully saturated rings. The van der Waals surface area contributed by atoms with Gasteiger partial charge in [0.15, 0.2) is 5.69 Å². The molecule has 0 aromatic carbocycles. The van der Waals surface area contributed by atoms with Crippen molar-refractivity contribution in [3.8, 4) is 11.1 Å². The first-order valence-corrected chi connectivity index (χ1v) is 12.3. The second-order valence-electron chi connectivity index (χ2n) is 7.28. The number of rotatable bonds is 8. The molecule has 0 saturated carbocycles. The van der Waals surface area contributed by atoms with E-state index in [2.05, 4.69) is 29.7 Å². The van der Waals surface area contributed by atoms with Gasteiger partial charge in [-0.2, -0.15) is 5.10 Å². The highest BCUT2D eigenvalue weighted by atomic mass is 28.3. The molecule has 0 atom stereocenters. The number of aromatic nitrogens is 3. The van der Waals surface area contributed by atoms with Gasteiger partial charge in [0.2, 0.25) is 0 Å². The van der Waals surface area contributed by atoms with Crippen LogP contribution >= 0.6 is 0 Å². The maximum absolute atomic E-state index is 14.3. The van der Waals surface area contributed by atoms with Crippen molar-refractivity contribution in [1.29, 1.82) is 0 Å². The van der Waals surface area contributed by atoms with E-state index in [0.29, 0.717) is 18.6 Å². The Morgan fingerprint density at radius 1 is 1.31 bits per heavy atom. The number of halogens is 1. The van der Waals surface area contributed by atoms with Gasteiger partial charge in [-0.15, -0.1) is 0 Å². The minimum absolute atomic E-state index is 0.0634. The van der Waals surface area contributed by atoms with Gasteiger partial charge in [0.25, 0.3) is 0 Å². The summed E-state index contributed by atoms with van der Waals surface area (Å²) in [6.45, 7) is 9.57. The number of carbonyl (C=O) groups is 1. The standard InChI is InChI=1S/C18H26FN3O3Si/c1-6-13-9-14(16(19)10-20-13)15-11-22(21-17(15)18(23)24-2)12-25-7-8-26(3,4)5/h9-11H,6-8,12H2,1-5H3. The first-order valence-electron chi connectivity index (χ1n) is 8.63. The molecule has 26 heavy (non-hydrogen) atoms. The van der Waals surface area contributed by atoms with Crippen molar-refractivity contribution < 1.29 is 18.7 Å². The zero-order chi connectivity index (χ0) is 19.3. The lowest BCUT2D eigenvalue weighted by Gasteiger charge is -2.15. The molecule has 0 aliphatic rings. The maximum Gasteiger partial charge on any atom is 0.359 e. The number of nitrogens with zero attached hydrogens (tertiary/aromatic N) is 3. The lowest BCUT2D eigenvalue weighted by atomic mass is 10.1. The molecular formula is C18H26FN3O3Si. The Labute approximate surface area is 154 Å². The van der Waals surface area contributed by atoms with Crippen LogP contribution in [0.15, 0.2) is 18.5 Å². The van der Waals surface area contributed by atoms with E-state index in [0.717, 1.165) is 17.9 Å². The minimum Gasteiger partial charge on any atom is -0.464 e. The highest BCUT2D eigenvalue weighted by Gasteiger charge is 2.22. The molecule has 8 heteroatoms. The molecule has 0 aliphatic heterocycles. The van der Waals surface area contributed by atoms with Crippen molar-refractivity contribution in [2.45, 2.75) is 45.8 Å². The van der Waals surface area contributed by atoms with Crippen molar-refractivity contribution in [1.82, 2.24) is 14.8 Å². The molecule has 0 N–H and O–H groups in total. The third-order valence-corrected chi connectivity index (χ3v) is 5.63. The number of esters is 1. The molecule has 0 spiro atoms. The van der Waals surface area contributed by atoms with Gasteiger partial charge in [-0.25, -0.2) is 13.9 Å². The lowest BCUT2D eigenvalue weighted by Crippen LogP contribution is -2.22. The zero-order valence-corrected chi connectivity index (χ0v) is 17.0. The molecule has 0 saturated heterocycles. The first-order chi connectivity index (χ1) is 12.2. The summed E-state index contributed by atoms with van der Waals surface area (Å²) in [5.41, 5.74) is 1.45. The minimum atomic E-state index is -1.18. The molecule has 2 heterocycles. The molecule has 0 bridgehead atoms. The van der Waals surface area contributed by atoms with Gasteiger partial charge < -0.3 is 9.47 Å². The highest BCUT2D eigenvalue weighted by Crippen LogP contribution is 2.27. The number of methoxy groups -OCH3 is 1. The van der Waals surface area contributed by atoms with E-state index in [1.165, 1.54) is 11.8 Å². The van der Waals surface area contributed by atoms with Crippen LogP contribution in [-0.4, -0.2) is 42.5 Å². The maximum atomic E-state index is 14.3. The molecule has 0 radical (unpaired) electrons. The van der Waals surface area contributed by atoms with Crippen LogP contribution in [0.1, 0.15) is 23.1 Å². The average Bonchev–Trinajstić information content (AvgIpc) is 3.01. The number of ether oxygens (including phenoxy) is 2. The van der Waals surface area contributed by atoms with Gasteiger partial charge in [-0.3, -0.25) is 4.98 Å². The molecule has 0 aliphatic carbocycles. The van der Waals surface area contributed by atoms with Crippen LogP contribution in [0.4, 0.5) is 4.39 Å². The molecule has 0 unspecified atom stereocenters. The van der Waals surface area contributed by atoms with E-state index in [4.69, 9.17) is 9.47 Å².